The molecule has 0 saturated carbocycles. The highest BCUT2D eigenvalue weighted by molar-refractivity contribution is 7.91. The number of nitrogens with zero attached hydrogens (tertiary/aromatic N) is 1. The van der Waals surface area contributed by atoms with E-state index in [4.69, 9.17) is 4.42 Å². The van der Waals surface area contributed by atoms with Crippen LogP contribution in [-0.2, 0) is 9.84 Å². The predicted molar refractivity (Wildman–Crippen MR) is 92.7 cm³/mol. The molecule has 0 unspecified atom stereocenters. The maximum atomic E-state index is 12.6. The van der Waals surface area contributed by atoms with Gasteiger partial charge in [0.05, 0.1) is 11.5 Å². The minimum absolute atomic E-state index is 0.0200. The summed E-state index contributed by atoms with van der Waals surface area (Å²) >= 11 is 0. The molecule has 2 aromatic rings. The minimum atomic E-state index is -2.92. The van der Waals surface area contributed by atoms with Crippen LogP contribution in [0.15, 0.2) is 40.8 Å². The second-order valence-corrected chi connectivity index (χ2v) is 8.59. The van der Waals surface area contributed by atoms with E-state index in [0.717, 1.165) is 17.1 Å². The molecule has 0 aliphatic carbocycles. The number of amides is 1. The van der Waals surface area contributed by atoms with Crippen LogP contribution in [0.1, 0.15) is 29.0 Å². The molecule has 6 heteroatoms. The third-order valence-electron chi connectivity index (χ3n) is 4.55. The van der Waals surface area contributed by atoms with Crippen molar-refractivity contribution in [2.45, 2.75) is 25.8 Å². The Balaban J connectivity index is 1.70. The molecule has 1 aromatic carbocycles. The molecule has 1 fully saturated rings. The van der Waals surface area contributed by atoms with Crippen LogP contribution in [0, 0.1) is 6.92 Å². The van der Waals surface area contributed by atoms with Gasteiger partial charge in [0.2, 0.25) is 0 Å². The molecule has 0 atom stereocenters. The standard InChI is InChI=1S/C18H21NO4S/c1-13-3-8-17(23-13)14-4-6-15(7-5-14)18(20)19(2)16-9-11-24(21,22)12-10-16/h3-8,16H,9-12H2,1-2H3. The van der Waals surface area contributed by atoms with E-state index in [9.17, 15) is 13.2 Å². The monoisotopic (exact) mass is 347 g/mol. The van der Waals surface area contributed by atoms with Crippen LogP contribution >= 0.6 is 0 Å². The van der Waals surface area contributed by atoms with Crippen LogP contribution in [0.25, 0.3) is 11.3 Å². The van der Waals surface area contributed by atoms with E-state index in [0.29, 0.717) is 18.4 Å². The van der Waals surface area contributed by atoms with Gasteiger partial charge in [0.15, 0.2) is 0 Å². The van der Waals surface area contributed by atoms with Crippen molar-refractivity contribution >= 4 is 15.7 Å². The highest BCUT2D eigenvalue weighted by atomic mass is 32.2. The van der Waals surface area contributed by atoms with E-state index < -0.39 is 9.84 Å². The molecule has 3 rings (SSSR count). The van der Waals surface area contributed by atoms with E-state index >= 15 is 0 Å². The summed E-state index contributed by atoms with van der Waals surface area (Å²) in [6, 6.07) is 11.1. The van der Waals surface area contributed by atoms with Crippen LogP contribution in [0.3, 0.4) is 0 Å². The predicted octanol–water partition coefficient (Wildman–Crippen LogP) is 2.90. The third-order valence-corrected chi connectivity index (χ3v) is 6.26. The van der Waals surface area contributed by atoms with Crippen molar-refractivity contribution in [2.75, 3.05) is 18.6 Å². The van der Waals surface area contributed by atoms with Gasteiger partial charge in [-0.25, -0.2) is 8.42 Å². The summed E-state index contributed by atoms with van der Waals surface area (Å²) in [5.74, 6) is 1.86. The van der Waals surface area contributed by atoms with Crippen LogP contribution in [-0.4, -0.2) is 43.8 Å². The van der Waals surface area contributed by atoms with Crippen molar-refractivity contribution < 1.29 is 17.6 Å². The summed E-state index contributed by atoms with van der Waals surface area (Å²) < 4.78 is 28.6. The lowest BCUT2D eigenvalue weighted by Gasteiger charge is -2.31. The molecule has 1 amide bonds. The average Bonchev–Trinajstić information content (AvgIpc) is 3.00. The quantitative estimate of drug-likeness (QED) is 0.856. The first-order valence-corrected chi connectivity index (χ1v) is 9.82. The Morgan fingerprint density at radius 2 is 1.71 bits per heavy atom. The lowest BCUT2D eigenvalue weighted by atomic mass is 10.1. The first-order chi connectivity index (χ1) is 11.4. The second kappa shape index (κ2) is 6.43. The van der Waals surface area contributed by atoms with Gasteiger partial charge in [-0.3, -0.25) is 4.79 Å². The molecule has 128 valence electrons. The number of benzene rings is 1. The Morgan fingerprint density at radius 3 is 2.25 bits per heavy atom. The van der Waals surface area contributed by atoms with Gasteiger partial charge < -0.3 is 9.32 Å². The minimum Gasteiger partial charge on any atom is -0.461 e. The van der Waals surface area contributed by atoms with Gasteiger partial charge in [-0.1, -0.05) is 12.1 Å². The zero-order valence-corrected chi connectivity index (χ0v) is 14.7. The largest absolute Gasteiger partial charge is 0.461 e. The van der Waals surface area contributed by atoms with Crippen LogP contribution in [0.4, 0.5) is 0 Å². The zero-order chi connectivity index (χ0) is 17.3. The lowest BCUT2D eigenvalue weighted by Crippen LogP contribution is -2.42. The molecule has 0 bridgehead atoms. The molecule has 1 aliphatic rings. The van der Waals surface area contributed by atoms with Crippen molar-refractivity contribution in [3.05, 3.63) is 47.7 Å². The Kier molecular flexibility index (Phi) is 4.49. The molecule has 5 nitrogen and oxygen atoms in total. The van der Waals surface area contributed by atoms with Gasteiger partial charge >= 0.3 is 0 Å². The van der Waals surface area contributed by atoms with Crippen LogP contribution < -0.4 is 0 Å². The molecule has 1 saturated heterocycles. The van der Waals surface area contributed by atoms with Gasteiger partial charge in [0, 0.05) is 24.2 Å². The number of furan rings is 1. The second-order valence-electron chi connectivity index (χ2n) is 6.29. The fourth-order valence-corrected chi connectivity index (χ4v) is 4.47. The molecule has 2 heterocycles. The van der Waals surface area contributed by atoms with Gasteiger partial charge in [-0.05, 0) is 44.0 Å². The number of carbonyl (C=O) groups is 1. The zero-order valence-electron chi connectivity index (χ0n) is 13.9. The van der Waals surface area contributed by atoms with Crippen molar-refractivity contribution in [2.24, 2.45) is 0 Å². The van der Waals surface area contributed by atoms with E-state index in [1.54, 1.807) is 24.1 Å². The van der Waals surface area contributed by atoms with E-state index in [-0.39, 0.29) is 23.5 Å². The number of carbonyl (C=O) groups excluding carboxylic acids is 1. The van der Waals surface area contributed by atoms with Crippen molar-refractivity contribution in [1.82, 2.24) is 4.90 Å². The van der Waals surface area contributed by atoms with Gasteiger partial charge in [0.25, 0.3) is 5.91 Å². The summed E-state index contributed by atoms with van der Waals surface area (Å²) in [7, 11) is -1.18. The number of hydrogen-bond donors (Lipinski definition) is 0. The van der Waals surface area contributed by atoms with Gasteiger partial charge in [0.1, 0.15) is 21.4 Å². The van der Waals surface area contributed by atoms with E-state index in [1.807, 2.05) is 31.2 Å². The number of hydrogen-bond acceptors (Lipinski definition) is 4. The van der Waals surface area contributed by atoms with Gasteiger partial charge in [-0.2, -0.15) is 0 Å². The topological polar surface area (TPSA) is 67.6 Å². The molecular weight excluding hydrogens is 326 g/mol. The van der Waals surface area contributed by atoms with Gasteiger partial charge in [-0.15, -0.1) is 0 Å². The molecule has 1 aliphatic heterocycles. The molecule has 0 radical (unpaired) electrons. The fraction of sp³-hybridized carbons (Fsp3) is 0.389. The molecule has 0 spiro atoms. The molecule has 0 N–H and O–H groups in total. The first-order valence-electron chi connectivity index (χ1n) is 8.00. The van der Waals surface area contributed by atoms with E-state index in [1.165, 1.54) is 0 Å². The van der Waals surface area contributed by atoms with Crippen LogP contribution in [0.2, 0.25) is 0 Å². The summed E-state index contributed by atoms with van der Waals surface area (Å²) in [5, 5.41) is 0. The number of aryl methyl sites for hydroxylation is 1. The van der Waals surface area contributed by atoms with Crippen molar-refractivity contribution in [1.29, 1.82) is 0 Å². The molecule has 24 heavy (non-hydrogen) atoms. The lowest BCUT2D eigenvalue weighted by molar-refractivity contribution is 0.0722. The highest BCUT2D eigenvalue weighted by Gasteiger charge is 2.28. The maximum Gasteiger partial charge on any atom is 0.253 e. The van der Waals surface area contributed by atoms with Crippen molar-refractivity contribution in [3.63, 3.8) is 0 Å². The normalized spacial score (nSPS) is 17.6. The first kappa shape index (κ1) is 16.8. The Bertz CT molecular complexity index is 822. The molecular formula is C18H21NO4S. The summed E-state index contributed by atoms with van der Waals surface area (Å²) in [6.07, 6.45) is 1.02. The third kappa shape index (κ3) is 3.53. The number of sulfone groups is 1. The highest BCUT2D eigenvalue weighted by Crippen LogP contribution is 2.23. The van der Waals surface area contributed by atoms with Crippen molar-refractivity contribution in [3.8, 4) is 11.3 Å². The fourth-order valence-electron chi connectivity index (χ4n) is 3.00. The summed E-state index contributed by atoms with van der Waals surface area (Å²) in [4.78, 5) is 14.3. The maximum absolute atomic E-state index is 12.6. The average molecular weight is 347 g/mol. The Morgan fingerprint density at radius 1 is 1.08 bits per heavy atom. The summed E-state index contributed by atoms with van der Waals surface area (Å²) in [6.45, 7) is 1.89. The summed E-state index contributed by atoms with van der Waals surface area (Å²) in [5.41, 5.74) is 1.52. The number of rotatable bonds is 3. The Labute approximate surface area is 142 Å². The SMILES string of the molecule is Cc1ccc(-c2ccc(C(=O)N(C)C3CCS(=O)(=O)CC3)cc2)o1. The Hall–Kier alpha value is -2.08. The van der Waals surface area contributed by atoms with Crippen LogP contribution in [0.5, 0.6) is 0 Å². The molecule has 1 aromatic heterocycles. The smallest absolute Gasteiger partial charge is 0.253 e. The van der Waals surface area contributed by atoms with E-state index in [2.05, 4.69) is 0 Å².